The number of rotatable bonds is 9. The summed E-state index contributed by atoms with van der Waals surface area (Å²) in [5.74, 6) is 0. The molecule has 1 aliphatic rings. The van der Waals surface area contributed by atoms with Gasteiger partial charge in [0.15, 0.2) is 0 Å². The Balaban J connectivity index is 1.65. The lowest BCUT2D eigenvalue weighted by Crippen LogP contribution is -2.31. The zero-order chi connectivity index (χ0) is 22.8. The van der Waals surface area contributed by atoms with Gasteiger partial charge >= 0.3 is 0 Å². The van der Waals surface area contributed by atoms with Gasteiger partial charge < -0.3 is 0 Å². The summed E-state index contributed by atoms with van der Waals surface area (Å²) in [6.07, 6.45) is 4.93. The van der Waals surface area contributed by atoms with Gasteiger partial charge in [-0.05, 0) is 66.8 Å². The van der Waals surface area contributed by atoms with Gasteiger partial charge in [-0.2, -0.15) is 4.31 Å². The van der Waals surface area contributed by atoms with Gasteiger partial charge in [0.2, 0.25) is 20.0 Å². The minimum Gasteiger partial charge on any atom is -0.264 e. The minimum absolute atomic E-state index is 0.0208. The highest BCUT2D eigenvalue weighted by atomic mass is 32.2. The Morgan fingerprint density at radius 3 is 2.22 bits per heavy atom. The first kappa shape index (κ1) is 22.6. The summed E-state index contributed by atoms with van der Waals surface area (Å²) < 4.78 is 55.9. The molecule has 0 bridgehead atoms. The number of aryl methyl sites for hydroxylation is 1. The number of benzene rings is 2. The lowest BCUT2D eigenvalue weighted by molar-refractivity contribution is 0.400. The van der Waals surface area contributed by atoms with Crippen LogP contribution >= 0.6 is 0 Å². The van der Waals surface area contributed by atoms with Crippen LogP contribution in [0.4, 0.5) is 0 Å². The van der Waals surface area contributed by atoms with Crippen LogP contribution in [0.25, 0.3) is 0 Å². The number of nitrogens with one attached hydrogen (secondary N) is 1. The molecule has 0 amide bonds. The SMILES string of the molecule is Cc1ccccc1CN(Cc1cccnc1)S(=O)(=O)c1ccc(S(=O)(=O)NC2CC2)cc1. The smallest absolute Gasteiger partial charge is 0.243 e. The summed E-state index contributed by atoms with van der Waals surface area (Å²) in [5, 5.41) is 0. The molecule has 1 aromatic heterocycles. The third-order valence-electron chi connectivity index (χ3n) is 5.36. The lowest BCUT2D eigenvalue weighted by Gasteiger charge is -2.23. The number of hydrogen-bond acceptors (Lipinski definition) is 5. The van der Waals surface area contributed by atoms with Gasteiger partial charge in [-0.3, -0.25) is 4.98 Å². The van der Waals surface area contributed by atoms with Crippen LogP contribution in [0.2, 0.25) is 0 Å². The van der Waals surface area contributed by atoms with Gasteiger partial charge in [0.05, 0.1) is 9.79 Å². The Labute approximate surface area is 189 Å². The first-order valence-corrected chi connectivity index (χ1v) is 13.2. The monoisotopic (exact) mass is 471 g/mol. The van der Waals surface area contributed by atoms with Gasteiger partial charge in [-0.1, -0.05) is 30.3 Å². The van der Waals surface area contributed by atoms with Gasteiger partial charge in [0, 0.05) is 31.5 Å². The molecule has 4 rings (SSSR count). The zero-order valence-corrected chi connectivity index (χ0v) is 19.3. The largest absolute Gasteiger partial charge is 0.264 e. The first-order valence-electron chi connectivity index (χ1n) is 10.3. The molecule has 1 saturated carbocycles. The van der Waals surface area contributed by atoms with Crippen molar-refractivity contribution in [2.45, 2.75) is 48.7 Å². The second kappa shape index (κ2) is 9.11. The Morgan fingerprint density at radius 2 is 1.59 bits per heavy atom. The molecule has 0 atom stereocenters. The summed E-state index contributed by atoms with van der Waals surface area (Å²) in [6.45, 7) is 2.28. The van der Waals surface area contributed by atoms with E-state index in [1.807, 2.05) is 37.3 Å². The maximum Gasteiger partial charge on any atom is 0.243 e. The van der Waals surface area contributed by atoms with Crippen molar-refractivity contribution in [2.24, 2.45) is 0 Å². The zero-order valence-electron chi connectivity index (χ0n) is 17.7. The van der Waals surface area contributed by atoms with E-state index in [2.05, 4.69) is 9.71 Å². The van der Waals surface area contributed by atoms with Crippen molar-refractivity contribution in [3.05, 3.63) is 89.7 Å². The van der Waals surface area contributed by atoms with Crippen molar-refractivity contribution in [2.75, 3.05) is 0 Å². The fourth-order valence-electron chi connectivity index (χ4n) is 3.33. The average molecular weight is 472 g/mol. The van der Waals surface area contributed by atoms with E-state index in [-0.39, 0.29) is 28.9 Å². The van der Waals surface area contributed by atoms with Crippen LogP contribution in [0.1, 0.15) is 29.5 Å². The average Bonchev–Trinajstić information content (AvgIpc) is 3.59. The van der Waals surface area contributed by atoms with Gasteiger partial charge in [-0.25, -0.2) is 21.6 Å². The van der Waals surface area contributed by atoms with Crippen molar-refractivity contribution in [1.82, 2.24) is 14.0 Å². The van der Waals surface area contributed by atoms with E-state index in [0.717, 1.165) is 29.5 Å². The second-order valence-corrected chi connectivity index (χ2v) is 11.6. The summed E-state index contributed by atoms with van der Waals surface area (Å²) in [5.41, 5.74) is 2.65. The van der Waals surface area contributed by atoms with Crippen LogP contribution < -0.4 is 4.72 Å². The topological polar surface area (TPSA) is 96.4 Å². The first-order chi connectivity index (χ1) is 15.3. The normalized spacial score (nSPS) is 14.6. The molecule has 0 spiro atoms. The molecule has 0 aliphatic heterocycles. The number of aromatic nitrogens is 1. The molecule has 0 radical (unpaired) electrons. The van der Waals surface area contributed by atoms with E-state index in [1.165, 1.54) is 28.6 Å². The molecule has 1 N–H and O–H groups in total. The van der Waals surface area contributed by atoms with Crippen molar-refractivity contribution in [3.63, 3.8) is 0 Å². The summed E-state index contributed by atoms with van der Waals surface area (Å²) in [4.78, 5) is 4.19. The number of pyridine rings is 1. The Hall–Kier alpha value is -2.59. The maximum atomic E-state index is 13.5. The van der Waals surface area contributed by atoms with Crippen molar-refractivity contribution in [1.29, 1.82) is 0 Å². The van der Waals surface area contributed by atoms with E-state index in [9.17, 15) is 16.8 Å². The minimum atomic E-state index is -3.90. The molecule has 3 aromatic rings. The molecule has 1 heterocycles. The molecule has 7 nitrogen and oxygen atoms in total. The fraction of sp³-hybridized carbons (Fsp3) is 0.261. The third-order valence-corrected chi connectivity index (χ3v) is 8.70. The van der Waals surface area contributed by atoms with E-state index in [0.29, 0.717) is 0 Å². The van der Waals surface area contributed by atoms with E-state index < -0.39 is 20.0 Å². The predicted molar refractivity (Wildman–Crippen MR) is 122 cm³/mol. The summed E-state index contributed by atoms with van der Waals surface area (Å²) in [7, 11) is -7.55. The van der Waals surface area contributed by atoms with Gasteiger partial charge in [0.25, 0.3) is 0 Å². The fourth-order valence-corrected chi connectivity index (χ4v) is 6.04. The lowest BCUT2D eigenvalue weighted by atomic mass is 10.1. The van der Waals surface area contributed by atoms with Crippen LogP contribution in [0.15, 0.2) is 82.8 Å². The van der Waals surface area contributed by atoms with E-state index in [1.54, 1.807) is 18.5 Å². The summed E-state index contributed by atoms with van der Waals surface area (Å²) in [6, 6.07) is 16.6. The predicted octanol–water partition coefficient (Wildman–Crippen LogP) is 3.22. The third kappa shape index (κ3) is 5.24. The van der Waals surface area contributed by atoms with Crippen LogP contribution in [-0.4, -0.2) is 32.2 Å². The molecule has 0 unspecified atom stereocenters. The van der Waals surface area contributed by atoms with E-state index in [4.69, 9.17) is 0 Å². The number of nitrogens with zero attached hydrogens (tertiary/aromatic N) is 2. The number of sulfonamides is 2. The van der Waals surface area contributed by atoms with Crippen LogP contribution in [-0.2, 0) is 33.1 Å². The van der Waals surface area contributed by atoms with Gasteiger partial charge in [-0.15, -0.1) is 0 Å². The van der Waals surface area contributed by atoms with Crippen molar-refractivity contribution < 1.29 is 16.8 Å². The van der Waals surface area contributed by atoms with Crippen LogP contribution in [0.3, 0.4) is 0 Å². The molecule has 2 aromatic carbocycles. The molecule has 1 fully saturated rings. The van der Waals surface area contributed by atoms with Crippen LogP contribution in [0, 0.1) is 6.92 Å². The molecule has 9 heteroatoms. The second-order valence-electron chi connectivity index (χ2n) is 7.93. The quantitative estimate of drug-likeness (QED) is 0.517. The van der Waals surface area contributed by atoms with Crippen LogP contribution in [0.5, 0.6) is 0 Å². The molecular weight excluding hydrogens is 446 g/mol. The Kier molecular flexibility index (Phi) is 6.43. The molecule has 1 aliphatic carbocycles. The number of hydrogen-bond donors (Lipinski definition) is 1. The Bertz CT molecular complexity index is 1290. The standard InChI is InChI=1S/C23H25N3O4S2/c1-18-5-2-3-7-20(18)17-26(16-19-6-4-14-24-15-19)32(29,30)23-12-10-22(11-13-23)31(27,28)25-21-8-9-21/h2-7,10-15,21,25H,8-9,16-17H2,1H3. The summed E-state index contributed by atoms with van der Waals surface area (Å²) >= 11 is 0. The highest BCUT2D eigenvalue weighted by Crippen LogP contribution is 2.25. The van der Waals surface area contributed by atoms with Crippen molar-refractivity contribution >= 4 is 20.0 Å². The van der Waals surface area contributed by atoms with Gasteiger partial charge in [0.1, 0.15) is 0 Å². The van der Waals surface area contributed by atoms with Crippen molar-refractivity contribution in [3.8, 4) is 0 Å². The highest BCUT2D eigenvalue weighted by molar-refractivity contribution is 7.89. The van der Waals surface area contributed by atoms with E-state index >= 15 is 0 Å². The molecule has 32 heavy (non-hydrogen) atoms. The maximum absolute atomic E-state index is 13.5. The highest BCUT2D eigenvalue weighted by Gasteiger charge is 2.29. The molecule has 0 saturated heterocycles. The molecule has 168 valence electrons. The molecular formula is C23H25N3O4S2. The Morgan fingerprint density at radius 1 is 0.906 bits per heavy atom.